The van der Waals surface area contributed by atoms with E-state index in [0.29, 0.717) is 22.7 Å². The van der Waals surface area contributed by atoms with Gasteiger partial charge in [-0.15, -0.1) is 0 Å². The summed E-state index contributed by atoms with van der Waals surface area (Å²) in [6, 6.07) is 38.4. The molecule has 0 aliphatic heterocycles. The number of nitriles is 1. The molecule has 10 aromatic rings. The van der Waals surface area contributed by atoms with Gasteiger partial charge in [0.1, 0.15) is 6.07 Å². The number of hydrogen-bond acceptors (Lipinski definition) is 4. The Bertz CT molecular complexity index is 2810. The zero-order valence-corrected chi connectivity index (χ0v) is 22.1. The van der Waals surface area contributed by atoms with Crippen LogP contribution in [0.15, 0.2) is 109 Å². The maximum absolute atomic E-state index is 10.1. The van der Waals surface area contributed by atoms with Gasteiger partial charge in [0.05, 0.1) is 33.0 Å². The van der Waals surface area contributed by atoms with Crippen LogP contribution in [0.1, 0.15) is 5.69 Å². The van der Waals surface area contributed by atoms with Gasteiger partial charge in [-0.05, 0) is 53.2 Å². The minimum atomic E-state index is 0.312. The second-order valence-electron chi connectivity index (χ2n) is 10.8. The topological polar surface area (TPSA) is 71.8 Å². The molecule has 0 fully saturated rings. The van der Waals surface area contributed by atoms with Crippen molar-refractivity contribution < 1.29 is 0 Å². The lowest BCUT2D eigenvalue weighted by atomic mass is 10.0. The average molecular weight is 535 g/mol. The van der Waals surface area contributed by atoms with E-state index in [0.717, 1.165) is 27.2 Å². The molecule has 10 rings (SSSR count). The van der Waals surface area contributed by atoms with Crippen LogP contribution in [0.4, 0.5) is 0 Å². The molecule has 0 saturated heterocycles. The monoisotopic (exact) mass is 534 g/mol. The Labute approximate surface area is 237 Å². The van der Waals surface area contributed by atoms with Crippen molar-refractivity contribution in [2.75, 3.05) is 0 Å². The smallest absolute Gasteiger partial charge is 0.238 e. The maximum Gasteiger partial charge on any atom is 0.238 e. The fraction of sp³-hybridized carbons (Fsp3) is 0. The molecule has 0 saturated carbocycles. The molecule has 5 aromatic carbocycles. The molecular formula is C36H18N6. The molecule has 0 unspecified atom stereocenters. The van der Waals surface area contributed by atoms with Gasteiger partial charge >= 0.3 is 0 Å². The maximum atomic E-state index is 10.1. The van der Waals surface area contributed by atoms with E-state index in [9.17, 15) is 5.26 Å². The fourth-order valence-electron chi connectivity index (χ4n) is 7.05. The van der Waals surface area contributed by atoms with Gasteiger partial charge in [0, 0.05) is 38.5 Å². The summed E-state index contributed by atoms with van der Waals surface area (Å²) in [7, 11) is 0. The number of fused-ring (bicyclic) bond motifs is 12. The van der Waals surface area contributed by atoms with Crippen LogP contribution in [-0.4, -0.2) is 23.9 Å². The van der Waals surface area contributed by atoms with Crippen LogP contribution in [0.25, 0.3) is 87.7 Å². The first-order valence-corrected chi connectivity index (χ1v) is 13.9. The number of nitrogens with zero attached hydrogens (tertiary/aromatic N) is 6. The van der Waals surface area contributed by atoms with Gasteiger partial charge in [-0.1, -0.05) is 60.7 Å². The second kappa shape index (κ2) is 7.57. The molecule has 6 nitrogen and oxygen atoms in total. The number of para-hydroxylation sites is 2. The molecule has 42 heavy (non-hydrogen) atoms. The largest absolute Gasteiger partial charge is 0.308 e. The normalized spacial score (nSPS) is 12.3. The van der Waals surface area contributed by atoms with Crippen molar-refractivity contribution in [2.24, 2.45) is 0 Å². The van der Waals surface area contributed by atoms with Gasteiger partial charge in [-0.2, -0.15) is 10.2 Å². The van der Waals surface area contributed by atoms with Gasteiger partial charge in [-0.3, -0.25) is 4.57 Å². The lowest BCUT2D eigenvalue weighted by molar-refractivity contribution is 0.994. The van der Waals surface area contributed by atoms with Crippen molar-refractivity contribution in [1.82, 2.24) is 23.9 Å². The average Bonchev–Trinajstić information content (AvgIpc) is 3.67. The number of benzene rings is 5. The van der Waals surface area contributed by atoms with E-state index in [1.807, 2.05) is 12.1 Å². The van der Waals surface area contributed by atoms with Crippen molar-refractivity contribution in [1.29, 1.82) is 5.26 Å². The lowest BCUT2D eigenvalue weighted by Crippen LogP contribution is -2.04. The SMILES string of the molecule is N#Cc1nc(-n2c3cc4ccccc4cc3c3c4c5ccccc5n5c6ccccc6c(cc32)c45)nc2ncccc12. The molecule has 0 amide bonds. The van der Waals surface area contributed by atoms with Crippen LogP contribution in [0.2, 0.25) is 0 Å². The Morgan fingerprint density at radius 1 is 0.571 bits per heavy atom. The molecular weight excluding hydrogens is 516 g/mol. The third-order valence-corrected chi connectivity index (χ3v) is 8.73. The predicted molar refractivity (Wildman–Crippen MR) is 169 cm³/mol. The molecule has 0 aliphatic carbocycles. The Balaban J connectivity index is 1.52. The Hall–Kier alpha value is -6.06. The molecule has 192 valence electrons. The van der Waals surface area contributed by atoms with Gasteiger partial charge in [-0.25, -0.2) is 9.97 Å². The van der Waals surface area contributed by atoms with Gasteiger partial charge in [0.15, 0.2) is 11.3 Å². The fourth-order valence-corrected chi connectivity index (χ4v) is 7.05. The summed E-state index contributed by atoms with van der Waals surface area (Å²) in [5, 5.41) is 20.1. The minimum Gasteiger partial charge on any atom is -0.308 e. The van der Waals surface area contributed by atoms with Gasteiger partial charge in [0.25, 0.3) is 0 Å². The molecule has 5 heterocycles. The summed E-state index contributed by atoms with van der Waals surface area (Å²) < 4.78 is 4.53. The Morgan fingerprint density at radius 3 is 2.12 bits per heavy atom. The molecule has 0 atom stereocenters. The first-order chi connectivity index (χ1) is 20.8. The third-order valence-electron chi connectivity index (χ3n) is 8.73. The number of hydrogen-bond donors (Lipinski definition) is 0. The molecule has 0 bridgehead atoms. The zero-order chi connectivity index (χ0) is 27.5. The molecule has 6 heteroatoms. The van der Waals surface area contributed by atoms with Gasteiger partial charge < -0.3 is 4.40 Å². The van der Waals surface area contributed by atoms with Gasteiger partial charge in [0.2, 0.25) is 5.95 Å². The predicted octanol–water partition coefficient (Wildman–Crippen LogP) is 8.30. The van der Waals surface area contributed by atoms with Crippen LogP contribution in [0, 0.1) is 11.3 Å². The van der Waals surface area contributed by atoms with Crippen LogP contribution >= 0.6 is 0 Å². The quantitative estimate of drug-likeness (QED) is 0.212. The summed E-state index contributed by atoms with van der Waals surface area (Å²) in [4.78, 5) is 14.3. The Kier molecular flexibility index (Phi) is 3.91. The molecule has 0 radical (unpaired) electrons. The van der Waals surface area contributed by atoms with E-state index in [2.05, 4.69) is 111 Å². The standard InChI is InChI=1S/C36H18N6/c37-19-27-23-12-7-15-38-35(23)40-36(39-27)42-30-17-21-9-2-1-8-20(21)16-26(30)32-31(42)18-25-22-10-3-5-13-28(22)41-29-14-6-4-11-24(29)33(32)34(25)41/h1-18H. The highest BCUT2D eigenvalue weighted by Gasteiger charge is 2.25. The van der Waals surface area contributed by atoms with Crippen molar-refractivity contribution >= 4 is 81.7 Å². The first kappa shape index (κ1) is 21.7. The van der Waals surface area contributed by atoms with Crippen molar-refractivity contribution in [3.63, 3.8) is 0 Å². The summed E-state index contributed by atoms with van der Waals surface area (Å²) in [6.45, 7) is 0. The molecule has 5 aromatic heterocycles. The highest BCUT2D eigenvalue weighted by Crippen LogP contribution is 2.46. The number of rotatable bonds is 1. The van der Waals surface area contributed by atoms with Crippen LogP contribution in [0.5, 0.6) is 0 Å². The van der Waals surface area contributed by atoms with Crippen molar-refractivity contribution in [2.45, 2.75) is 0 Å². The van der Waals surface area contributed by atoms with E-state index in [-0.39, 0.29) is 0 Å². The summed E-state index contributed by atoms with van der Waals surface area (Å²) in [6.07, 6.45) is 1.70. The summed E-state index contributed by atoms with van der Waals surface area (Å²) in [5.74, 6) is 0.439. The van der Waals surface area contributed by atoms with E-state index in [1.165, 1.54) is 43.5 Å². The Morgan fingerprint density at radius 2 is 1.29 bits per heavy atom. The van der Waals surface area contributed by atoms with Crippen molar-refractivity contribution in [3.8, 4) is 12.0 Å². The minimum absolute atomic E-state index is 0.312. The third kappa shape index (κ3) is 2.56. The van der Waals surface area contributed by atoms with Crippen LogP contribution in [0.3, 0.4) is 0 Å². The number of pyridine rings is 1. The molecule has 0 spiro atoms. The van der Waals surface area contributed by atoms with Crippen LogP contribution < -0.4 is 0 Å². The van der Waals surface area contributed by atoms with Crippen molar-refractivity contribution in [3.05, 3.63) is 115 Å². The summed E-state index contributed by atoms with van der Waals surface area (Å²) >= 11 is 0. The van der Waals surface area contributed by atoms with Crippen LogP contribution in [-0.2, 0) is 0 Å². The van der Waals surface area contributed by atoms with E-state index in [1.54, 1.807) is 6.20 Å². The van der Waals surface area contributed by atoms with E-state index in [4.69, 9.17) is 9.97 Å². The highest BCUT2D eigenvalue weighted by atomic mass is 15.2. The summed E-state index contributed by atoms with van der Waals surface area (Å²) in [5.41, 5.74) is 6.40. The zero-order valence-electron chi connectivity index (χ0n) is 22.1. The molecule has 0 aliphatic rings. The van der Waals surface area contributed by atoms with E-state index < -0.39 is 0 Å². The lowest BCUT2D eigenvalue weighted by Gasteiger charge is -2.09. The second-order valence-corrected chi connectivity index (χ2v) is 10.8. The highest BCUT2D eigenvalue weighted by molar-refractivity contribution is 6.36. The van der Waals surface area contributed by atoms with E-state index >= 15 is 0 Å². The first-order valence-electron chi connectivity index (χ1n) is 13.9. The molecule has 0 N–H and O–H groups in total. The number of aromatic nitrogens is 5.